The number of hydrogen-bond acceptors (Lipinski definition) is 5. The van der Waals surface area contributed by atoms with Crippen molar-refractivity contribution >= 4 is 23.5 Å². The second-order valence-electron chi connectivity index (χ2n) is 8.93. The summed E-state index contributed by atoms with van der Waals surface area (Å²) in [4.78, 5) is 31.0. The Morgan fingerprint density at radius 2 is 1.61 bits per heavy atom. The number of nitrogens with two attached hydrogens (primary N) is 1. The number of rotatable bonds is 6. The number of esters is 1. The van der Waals surface area contributed by atoms with E-state index in [0.29, 0.717) is 56.6 Å². The van der Waals surface area contributed by atoms with Gasteiger partial charge in [-0.1, -0.05) is 13.8 Å². The molecule has 0 unspecified atom stereocenters. The van der Waals surface area contributed by atoms with Crippen LogP contribution in [0, 0.1) is 17.2 Å². The van der Waals surface area contributed by atoms with Crippen molar-refractivity contribution in [3.8, 4) is 0 Å². The second-order valence-corrected chi connectivity index (χ2v) is 8.93. The Balaban J connectivity index is 1.41. The molecular weight excluding hydrogens is 394 g/mol. The Hall–Kier alpha value is -2.77. The summed E-state index contributed by atoms with van der Waals surface area (Å²) in [7, 11) is 0. The van der Waals surface area contributed by atoms with Crippen molar-refractivity contribution in [1.82, 2.24) is 9.80 Å². The van der Waals surface area contributed by atoms with E-state index in [0.717, 1.165) is 31.6 Å². The van der Waals surface area contributed by atoms with E-state index in [-0.39, 0.29) is 17.8 Å². The highest BCUT2D eigenvalue weighted by Crippen LogP contribution is 2.23. The number of benzene rings is 1. The summed E-state index contributed by atoms with van der Waals surface area (Å²) in [5.74, 6) is 0.603. The van der Waals surface area contributed by atoms with Crippen LogP contribution in [0.5, 0.6) is 0 Å². The van der Waals surface area contributed by atoms with Crippen molar-refractivity contribution in [3.05, 3.63) is 29.8 Å². The molecule has 2 aliphatic rings. The largest absolute Gasteiger partial charge is 0.465 e. The molecule has 0 radical (unpaired) electrons. The minimum Gasteiger partial charge on any atom is -0.465 e. The highest BCUT2D eigenvalue weighted by Gasteiger charge is 2.29. The van der Waals surface area contributed by atoms with Crippen LogP contribution in [0.4, 0.5) is 10.5 Å². The molecule has 0 saturated carbocycles. The van der Waals surface area contributed by atoms with Gasteiger partial charge < -0.3 is 25.2 Å². The molecule has 0 aromatic heterocycles. The number of carbonyl (C=O) groups is 2. The van der Waals surface area contributed by atoms with Gasteiger partial charge in [0.05, 0.1) is 6.61 Å². The maximum Gasteiger partial charge on any atom is 0.320 e. The number of piperazine rings is 1. The quantitative estimate of drug-likeness (QED) is 0.411. The first kappa shape index (κ1) is 22.9. The van der Waals surface area contributed by atoms with Gasteiger partial charge in [-0.2, -0.15) is 0 Å². The van der Waals surface area contributed by atoms with E-state index in [1.807, 2.05) is 47.9 Å². The van der Waals surface area contributed by atoms with Gasteiger partial charge in [0.2, 0.25) is 0 Å². The Morgan fingerprint density at radius 3 is 2.16 bits per heavy atom. The number of hydrogen-bond donors (Lipinski definition) is 2. The number of carbonyl (C=O) groups excluding carboxylic acids is 2. The molecule has 8 heteroatoms. The van der Waals surface area contributed by atoms with Gasteiger partial charge in [0.15, 0.2) is 0 Å². The number of urea groups is 1. The van der Waals surface area contributed by atoms with E-state index >= 15 is 0 Å². The summed E-state index contributed by atoms with van der Waals surface area (Å²) < 4.78 is 5.29. The molecule has 31 heavy (non-hydrogen) atoms. The van der Waals surface area contributed by atoms with Crippen LogP contribution in [-0.2, 0) is 9.53 Å². The van der Waals surface area contributed by atoms with E-state index in [4.69, 9.17) is 15.9 Å². The average molecular weight is 430 g/mol. The highest BCUT2D eigenvalue weighted by atomic mass is 16.5. The summed E-state index contributed by atoms with van der Waals surface area (Å²) in [6.45, 7) is 8.88. The lowest BCUT2D eigenvalue weighted by molar-refractivity contribution is -0.146. The fourth-order valence-electron chi connectivity index (χ4n) is 4.09. The van der Waals surface area contributed by atoms with Gasteiger partial charge in [0.25, 0.3) is 0 Å². The number of ether oxygens (including phenoxy) is 1. The van der Waals surface area contributed by atoms with Crippen molar-refractivity contribution in [1.29, 1.82) is 5.41 Å². The molecule has 170 valence electrons. The van der Waals surface area contributed by atoms with Gasteiger partial charge >= 0.3 is 12.0 Å². The number of nitrogens with one attached hydrogen (secondary N) is 1. The molecule has 1 aromatic rings. The van der Waals surface area contributed by atoms with Crippen LogP contribution in [0.2, 0.25) is 0 Å². The fourth-order valence-corrected chi connectivity index (χ4v) is 4.09. The number of anilines is 1. The van der Waals surface area contributed by atoms with Crippen molar-refractivity contribution in [3.63, 3.8) is 0 Å². The summed E-state index contributed by atoms with van der Waals surface area (Å²) in [5, 5.41) is 7.49. The number of nitrogens with zero attached hydrogens (tertiary/aromatic N) is 3. The van der Waals surface area contributed by atoms with Gasteiger partial charge in [0.1, 0.15) is 5.84 Å². The van der Waals surface area contributed by atoms with Crippen LogP contribution >= 0.6 is 0 Å². The number of amides is 2. The van der Waals surface area contributed by atoms with Crippen LogP contribution in [0.1, 0.15) is 38.7 Å². The Bertz CT molecular complexity index is 764. The van der Waals surface area contributed by atoms with E-state index in [1.165, 1.54) is 0 Å². The first-order chi connectivity index (χ1) is 14.8. The standard InChI is InChI=1S/C23H35N5O3/c1-17(2)16-31-21(29)15-18-7-9-27(10-8-18)23(30)28-13-11-26(12-14-28)20-5-3-19(4-6-20)22(24)25/h3-6,17-18H,7-16H2,1-2H3,(H3,24,25). The summed E-state index contributed by atoms with van der Waals surface area (Å²) in [6.07, 6.45) is 2.16. The summed E-state index contributed by atoms with van der Waals surface area (Å²) in [6, 6.07) is 7.78. The lowest BCUT2D eigenvalue weighted by atomic mass is 9.94. The molecule has 0 atom stereocenters. The summed E-state index contributed by atoms with van der Waals surface area (Å²) in [5.41, 5.74) is 7.32. The molecule has 2 saturated heterocycles. The molecule has 3 N–H and O–H groups in total. The highest BCUT2D eigenvalue weighted by molar-refractivity contribution is 5.95. The van der Waals surface area contributed by atoms with Crippen molar-refractivity contribution in [2.45, 2.75) is 33.1 Å². The Morgan fingerprint density at radius 1 is 1.03 bits per heavy atom. The number of piperidine rings is 1. The zero-order valence-electron chi connectivity index (χ0n) is 18.7. The number of amidine groups is 1. The second kappa shape index (κ2) is 10.5. The molecule has 2 amide bonds. The zero-order chi connectivity index (χ0) is 22.4. The lowest BCUT2D eigenvalue weighted by Crippen LogP contribution is -2.54. The SMILES string of the molecule is CC(C)COC(=O)CC1CCN(C(=O)N2CCN(c3ccc(C(=N)N)cc3)CC2)CC1. The zero-order valence-corrected chi connectivity index (χ0v) is 18.7. The third kappa shape index (κ3) is 6.35. The molecule has 2 heterocycles. The molecule has 0 aliphatic carbocycles. The third-order valence-corrected chi connectivity index (χ3v) is 6.01. The monoisotopic (exact) mass is 429 g/mol. The van der Waals surface area contributed by atoms with Gasteiger partial charge in [-0.3, -0.25) is 10.2 Å². The molecule has 1 aromatic carbocycles. The first-order valence-electron chi connectivity index (χ1n) is 11.2. The predicted molar refractivity (Wildman–Crippen MR) is 121 cm³/mol. The maximum absolute atomic E-state index is 12.9. The van der Waals surface area contributed by atoms with Gasteiger partial charge in [-0.15, -0.1) is 0 Å². The van der Waals surface area contributed by atoms with Crippen molar-refractivity contribution in [2.75, 3.05) is 50.8 Å². The van der Waals surface area contributed by atoms with Crippen molar-refractivity contribution in [2.24, 2.45) is 17.6 Å². The third-order valence-electron chi connectivity index (χ3n) is 6.01. The van der Waals surface area contributed by atoms with Gasteiger partial charge in [0, 0.05) is 56.9 Å². The van der Waals surface area contributed by atoms with Crippen LogP contribution in [0.15, 0.2) is 24.3 Å². The first-order valence-corrected chi connectivity index (χ1v) is 11.2. The van der Waals surface area contributed by atoms with Crippen molar-refractivity contribution < 1.29 is 14.3 Å². The minimum atomic E-state index is -0.120. The van der Waals surface area contributed by atoms with Gasteiger partial charge in [-0.25, -0.2) is 4.79 Å². The van der Waals surface area contributed by atoms with E-state index in [1.54, 1.807) is 0 Å². The average Bonchev–Trinajstić information content (AvgIpc) is 2.78. The predicted octanol–water partition coefficient (Wildman–Crippen LogP) is 2.51. The molecule has 2 aliphatic heterocycles. The number of nitrogen functional groups attached to an aromatic ring is 1. The molecule has 8 nitrogen and oxygen atoms in total. The van der Waals surface area contributed by atoms with Gasteiger partial charge in [-0.05, 0) is 48.9 Å². The maximum atomic E-state index is 12.9. The van der Waals surface area contributed by atoms with E-state index in [2.05, 4.69) is 4.90 Å². The Kier molecular flexibility index (Phi) is 7.76. The lowest BCUT2D eigenvalue weighted by Gasteiger charge is -2.40. The van der Waals surface area contributed by atoms with Crippen LogP contribution in [0.25, 0.3) is 0 Å². The number of likely N-dealkylation sites (tertiary alicyclic amines) is 1. The van der Waals surface area contributed by atoms with Crippen LogP contribution in [-0.4, -0.2) is 73.5 Å². The van der Waals surface area contributed by atoms with E-state index < -0.39 is 0 Å². The Labute approximate surface area is 184 Å². The molecule has 0 bridgehead atoms. The smallest absolute Gasteiger partial charge is 0.320 e. The van der Waals surface area contributed by atoms with E-state index in [9.17, 15) is 9.59 Å². The molecular formula is C23H35N5O3. The van der Waals surface area contributed by atoms with Crippen LogP contribution in [0.3, 0.4) is 0 Å². The molecule has 0 spiro atoms. The minimum absolute atomic E-state index is 0.0678. The summed E-state index contributed by atoms with van der Waals surface area (Å²) >= 11 is 0. The molecule has 3 rings (SSSR count). The normalized spacial score (nSPS) is 17.7. The topological polar surface area (TPSA) is 103 Å². The molecule has 2 fully saturated rings. The fraction of sp³-hybridized carbons (Fsp3) is 0.609. The van der Waals surface area contributed by atoms with Crippen LogP contribution < -0.4 is 10.6 Å².